The number of hydrogen-bond donors (Lipinski definition) is 1. The lowest BCUT2D eigenvalue weighted by Gasteiger charge is -2.05. The number of aromatic nitrogens is 2. The first kappa shape index (κ1) is 8.92. The second-order valence-corrected chi connectivity index (χ2v) is 4.34. The zero-order chi connectivity index (χ0) is 10.4. The molecule has 3 rings (SSSR count). The summed E-state index contributed by atoms with van der Waals surface area (Å²) in [5.74, 6) is 0.908. The maximum Gasteiger partial charge on any atom is 0.220 e. The second-order valence-electron chi connectivity index (χ2n) is 3.90. The summed E-state index contributed by atoms with van der Waals surface area (Å²) in [6.45, 7) is 0. The average molecular weight is 220 g/mol. The number of nitrogens with two attached hydrogens (primary N) is 1. The highest BCUT2D eigenvalue weighted by molar-refractivity contribution is 6.31. The third-order valence-electron chi connectivity index (χ3n) is 2.67. The fourth-order valence-electron chi connectivity index (χ4n) is 1.81. The normalized spacial score (nSPS) is 15.8. The Hall–Kier alpha value is -1.35. The Bertz CT molecular complexity index is 529. The average Bonchev–Trinajstić information content (AvgIpc) is 2.98. The van der Waals surface area contributed by atoms with Crippen molar-refractivity contribution >= 4 is 28.5 Å². The first-order valence-corrected chi connectivity index (χ1v) is 5.34. The van der Waals surface area contributed by atoms with E-state index in [0.29, 0.717) is 16.9 Å². The highest BCUT2D eigenvalue weighted by Crippen LogP contribution is 2.42. The molecule has 0 atom stereocenters. The van der Waals surface area contributed by atoms with Crippen LogP contribution in [0.5, 0.6) is 0 Å². The molecule has 1 heterocycles. The monoisotopic (exact) mass is 219 g/mol. The molecule has 15 heavy (non-hydrogen) atoms. The van der Waals surface area contributed by atoms with Crippen LogP contribution in [0.15, 0.2) is 18.2 Å². The predicted molar refractivity (Wildman–Crippen MR) is 60.9 cm³/mol. The minimum atomic E-state index is 0.340. The summed E-state index contributed by atoms with van der Waals surface area (Å²) >= 11 is 5.92. The first-order chi connectivity index (χ1) is 7.24. The molecule has 1 aliphatic carbocycles. The number of anilines is 1. The van der Waals surface area contributed by atoms with Crippen LogP contribution in [0, 0.1) is 0 Å². The summed E-state index contributed by atoms with van der Waals surface area (Å²) in [4.78, 5) is 8.51. The molecule has 0 bridgehead atoms. The second kappa shape index (κ2) is 3.07. The Morgan fingerprint density at radius 3 is 2.80 bits per heavy atom. The Kier molecular flexibility index (Phi) is 1.83. The zero-order valence-corrected chi connectivity index (χ0v) is 8.83. The molecule has 1 aromatic carbocycles. The van der Waals surface area contributed by atoms with Crippen molar-refractivity contribution in [2.45, 2.75) is 18.8 Å². The number of nitrogens with zero attached hydrogens (tertiary/aromatic N) is 2. The molecule has 76 valence electrons. The van der Waals surface area contributed by atoms with E-state index in [1.54, 1.807) is 0 Å². The van der Waals surface area contributed by atoms with Gasteiger partial charge in [0.05, 0.1) is 11.2 Å². The van der Waals surface area contributed by atoms with Gasteiger partial charge in [-0.05, 0) is 31.0 Å². The third-order valence-corrected chi connectivity index (χ3v) is 2.90. The number of halogens is 1. The molecule has 0 aliphatic heterocycles. The maximum absolute atomic E-state index is 5.92. The molecule has 1 saturated carbocycles. The van der Waals surface area contributed by atoms with Crippen molar-refractivity contribution < 1.29 is 0 Å². The van der Waals surface area contributed by atoms with Gasteiger partial charge in [0.25, 0.3) is 0 Å². The van der Waals surface area contributed by atoms with Crippen molar-refractivity contribution in [2.75, 3.05) is 5.73 Å². The van der Waals surface area contributed by atoms with E-state index >= 15 is 0 Å². The van der Waals surface area contributed by atoms with Gasteiger partial charge in [-0.2, -0.15) is 0 Å². The Balaban J connectivity index is 2.33. The zero-order valence-electron chi connectivity index (χ0n) is 8.07. The molecule has 1 aromatic heterocycles. The molecular formula is C11H10ClN3. The molecule has 4 heteroatoms. The van der Waals surface area contributed by atoms with E-state index in [2.05, 4.69) is 9.97 Å². The van der Waals surface area contributed by atoms with E-state index in [9.17, 15) is 0 Å². The van der Waals surface area contributed by atoms with Crippen LogP contribution in [0.25, 0.3) is 10.9 Å². The largest absolute Gasteiger partial charge is 0.368 e. The topological polar surface area (TPSA) is 51.8 Å². The molecule has 0 saturated heterocycles. The van der Waals surface area contributed by atoms with E-state index < -0.39 is 0 Å². The summed E-state index contributed by atoms with van der Waals surface area (Å²) in [7, 11) is 0. The van der Waals surface area contributed by atoms with Crippen LogP contribution in [-0.4, -0.2) is 9.97 Å². The molecule has 3 nitrogen and oxygen atoms in total. The fourth-order valence-corrected chi connectivity index (χ4v) is 1.98. The highest BCUT2D eigenvalue weighted by Gasteiger charge is 2.27. The van der Waals surface area contributed by atoms with Gasteiger partial charge < -0.3 is 5.73 Å². The van der Waals surface area contributed by atoms with Crippen molar-refractivity contribution in [3.05, 3.63) is 28.9 Å². The van der Waals surface area contributed by atoms with Crippen molar-refractivity contribution in [3.8, 4) is 0 Å². The van der Waals surface area contributed by atoms with Crippen molar-refractivity contribution in [2.24, 2.45) is 0 Å². The van der Waals surface area contributed by atoms with Crippen molar-refractivity contribution in [1.82, 2.24) is 9.97 Å². The van der Waals surface area contributed by atoms with Crippen LogP contribution < -0.4 is 5.73 Å². The molecule has 1 fully saturated rings. The van der Waals surface area contributed by atoms with Gasteiger partial charge in [-0.3, -0.25) is 0 Å². The van der Waals surface area contributed by atoms with E-state index in [0.717, 1.165) is 16.6 Å². The quantitative estimate of drug-likeness (QED) is 0.803. The van der Waals surface area contributed by atoms with Crippen LogP contribution in [0.2, 0.25) is 5.02 Å². The van der Waals surface area contributed by atoms with Crippen LogP contribution >= 0.6 is 11.6 Å². The van der Waals surface area contributed by atoms with E-state index in [4.69, 9.17) is 17.3 Å². The van der Waals surface area contributed by atoms with Crippen molar-refractivity contribution in [3.63, 3.8) is 0 Å². The lowest BCUT2D eigenvalue weighted by molar-refractivity contribution is 1.03. The molecule has 1 aliphatic rings. The number of benzene rings is 1. The van der Waals surface area contributed by atoms with Crippen LogP contribution in [-0.2, 0) is 0 Å². The van der Waals surface area contributed by atoms with Gasteiger partial charge in [-0.1, -0.05) is 11.6 Å². The fraction of sp³-hybridized carbons (Fsp3) is 0.273. The van der Waals surface area contributed by atoms with Crippen LogP contribution in [0.1, 0.15) is 24.5 Å². The Morgan fingerprint density at radius 1 is 1.27 bits per heavy atom. The summed E-state index contributed by atoms with van der Waals surface area (Å²) in [5.41, 5.74) is 7.60. The van der Waals surface area contributed by atoms with Gasteiger partial charge in [0.1, 0.15) is 0 Å². The summed E-state index contributed by atoms with van der Waals surface area (Å²) < 4.78 is 0. The molecule has 0 unspecified atom stereocenters. The summed E-state index contributed by atoms with van der Waals surface area (Å²) in [5, 5.41) is 1.76. The van der Waals surface area contributed by atoms with E-state index in [1.165, 1.54) is 12.8 Å². The summed E-state index contributed by atoms with van der Waals surface area (Å²) in [6.07, 6.45) is 2.41. The van der Waals surface area contributed by atoms with Gasteiger partial charge >= 0.3 is 0 Å². The smallest absolute Gasteiger partial charge is 0.220 e. The molecular weight excluding hydrogens is 210 g/mol. The van der Waals surface area contributed by atoms with Crippen LogP contribution in [0.4, 0.5) is 5.95 Å². The van der Waals surface area contributed by atoms with Gasteiger partial charge in [-0.25, -0.2) is 9.97 Å². The van der Waals surface area contributed by atoms with E-state index in [1.807, 2.05) is 18.2 Å². The van der Waals surface area contributed by atoms with Crippen molar-refractivity contribution in [1.29, 1.82) is 0 Å². The van der Waals surface area contributed by atoms with Crippen LogP contribution in [0.3, 0.4) is 0 Å². The lowest BCUT2D eigenvalue weighted by atomic mass is 10.1. The first-order valence-electron chi connectivity index (χ1n) is 4.97. The third kappa shape index (κ3) is 1.53. The maximum atomic E-state index is 5.92. The molecule has 0 amide bonds. The standard InChI is InChI=1S/C11H10ClN3/c12-7-3-4-8-9(5-7)14-11(13)15-10(8)6-1-2-6/h3-6H,1-2H2,(H2,13,14,15). The van der Waals surface area contributed by atoms with Gasteiger partial charge in [0.15, 0.2) is 0 Å². The van der Waals surface area contributed by atoms with Gasteiger partial charge in [0, 0.05) is 16.3 Å². The SMILES string of the molecule is Nc1nc(C2CC2)c2ccc(Cl)cc2n1. The Morgan fingerprint density at radius 2 is 2.07 bits per heavy atom. The number of hydrogen-bond acceptors (Lipinski definition) is 3. The Labute approximate surface area is 92.3 Å². The molecule has 0 radical (unpaired) electrons. The van der Waals surface area contributed by atoms with Gasteiger partial charge in [0.2, 0.25) is 5.95 Å². The number of nitrogen functional groups attached to an aromatic ring is 1. The molecule has 2 N–H and O–H groups in total. The van der Waals surface area contributed by atoms with E-state index in [-0.39, 0.29) is 0 Å². The molecule has 0 spiro atoms. The highest BCUT2D eigenvalue weighted by atomic mass is 35.5. The minimum absolute atomic E-state index is 0.340. The minimum Gasteiger partial charge on any atom is -0.368 e. The number of fused-ring (bicyclic) bond motifs is 1. The molecule has 2 aromatic rings. The predicted octanol–water partition coefficient (Wildman–Crippen LogP) is 2.74. The lowest BCUT2D eigenvalue weighted by Crippen LogP contribution is -1.99. The number of rotatable bonds is 1. The van der Waals surface area contributed by atoms with Gasteiger partial charge in [-0.15, -0.1) is 0 Å². The summed E-state index contributed by atoms with van der Waals surface area (Å²) in [6, 6.07) is 5.68.